The van der Waals surface area contributed by atoms with Crippen LogP contribution < -0.4 is 5.73 Å². The molecule has 0 aliphatic carbocycles. The van der Waals surface area contributed by atoms with Crippen molar-refractivity contribution in [1.82, 2.24) is 9.88 Å². The molecule has 1 aromatic heterocycles. The van der Waals surface area contributed by atoms with Gasteiger partial charge in [-0.25, -0.2) is 0 Å². The van der Waals surface area contributed by atoms with Crippen molar-refractivity contribution in [3.63, 3.8) is 0 Å². The molecule has 0 saturated carbocycles. The highest BCUT2D eigenvalue weighted by Crippen LogP contribution is 2.12. The van der Waals surface area contributed by atoms with Crippen LogP contribution in [0.3, 0.4) is 0 Å². The number of hydrogen-bond donors (Lipinski definition) is 1. The molecule has 92 valence electrons. The van der Waals surface area contributed by atoms with Gasteiger partial charge in [-0.15, -0.1) is 0 Å². The van der Waals surface area contributed by atoms with Gasteiger partial charge in [-0.05, 0) is 28.1 Å². The van der Waals surface area contributed by atoms with Crippen molar-refractivity contribution in [2.75, 3.05) is 19.7 Å². The number of aromatic nitrogens is 1. The molecular formula is C11H14BrN3OS. The van der Waals surface area contributed by atoms with Crippen LogP contribution >= 0.6 is 28.1 Å². The lowest BCUT2D eigenvalue weighted by molar-refractivity contribution is 0.00346. The Bertz CT molecular complexity index is 398. The van der Waals surface area contributed by atoms with Crippen LogP contribution in [0.25, 0.3) is 0 Å². The summed E-state index contributed by atoms with van der Waals surface area (Å²) in [6.07, 6.45) is 1.68. The highest BCUT2D eigenvalue weighted by atomic mass is 79.9. The van der Waals surface area contributed by atoms with E-state index < -0.39 is 0 Å². The maximum Gasteiger partial charge on any atom is 0.120 e. The fourth-order valence-electron chi connectivity index (χ4n) is 1.75. The van der Waals surface area contributed by atoms with Crippen molar-refractivity contribution in [2.24, 2.45) is 5.73 Å². The lowest BCUT2D eigenvalue weighted by Gasteiger charge is -2.32. The first-order valence-corrected chi connectivity index (χ1v) is 6.59. The predicted octanol–water partition coefficient (Wildman–Crippen LogP) is 1.33. The molecule has 4 nitrogen and oxygen atoms in total. The van der Waals surface area contributed by atoms with Gasteiger partial charge in [0.05, 0.1) is 12.3 Å². The van der Waals surface area contributed by atoms with Crippen molar-refractivity contribution in [1.29, 1.82) is 0 Å². The minimum Gasteiger partial charge on any atom is -0.391 e. The molecule has 0 radical (unpaired) electrons. The minimum atomic E-state index is -0.130. The monoisotopic (exact) mass is 315 g/mol. The van der Waals surface area contributed by atoms with E-state index in [4.69, 9.17) is 22.7 Å². The molecule has 1 aliphatic heterocycles. The topological polar surface area (TPSA) is 51.4 Å². The van der Waals surface area contributed by atoms with E-state index in [0.717, 1.165) is 29.8 Å². The summed E-state index contributed by atoms with van der Waals surface area (Å²) in [5.74, 6) is 0. The average Bonchev–Trinajstić information content (AvgIpc) is 2.32. The number of nitrogens with zero attached hydrogens (tertiary/aromatic N) is 2. The van der Waals surface area contributed by atoms with Gasteiger partial charge in [0.25, 0.3) is 0 Å². The fraction of sp³-hybridized carbons (Fsp3) is 0.455. The number of halogens is 1. The van der Waals surface area contributed by atoms with Gasteiger partial charge >= 0.3 is 0 Å². The Morgan fingerprint density at radius 3 is 3.12 bits per heavy atom. The third kappa shape index (κ3) is 3.70. The van der Waals surface area contributed by atoms with Gasteiger partial charge in [0.2, 0.25) is 0 Å². The summed E-state index contributed by atoms with van der Waals surface area (Å²) in [5.41, 5.74) is 6.64. The standard InChI is InChI=1S/C11H14BrN3OS/c12-8-1-2-9(14-5-8)6-15-3-4-16-10(7-15)11(13)17/h1-2,5,10H,3-4,6-7H2,(H2,13,17). The smallest absolute Gasteiger partial charge is 0.120 e. The number of ether oxygens (including phenoxy) is 1. The molecule has 1 saturated heterocycles. The van der Waals surface area contributed by atoms with E-state index in [1.807, 2.05) is 12.1 Å². The molecule has 0 bridgehead atoms. The summed E-state index contributed by atoms with van der Waals surface area (Å²) < 4.78 is 6.48. The second-order valence-electron chi connectivity index (χ2n) is 3.96. The van der Waals surface area contributed by atoms with Gasteiger partial charge in [0, 0.05) is 30.3 Å². The van der Waals surface area contributed by atoms with Crippen LogP contribution in [0.4, 0.5) is 0 Å². The summed E-state index contributed by atoms with van der Waals surface area (Å²) in [6.45, 7) is 3.10. The van der Waals surface area contributed by atoms with Crippen LogP contribution in [0.2, 0.25) is 0 Å². The Morgan fingerprint density at radius 2 is 2.47 bits per heavy atom. The molecule has 1 atom stereocenters. The molecule has 1 fully saturated rings. The molecule has 2 rings (SSSR count). The predicted molar refractivity (Wildman–Crippen MR) is 73.7 cm³/mol. The highest BCUT2D eigenvalue weighted by molar-refractivity contribution is 9.10. The normalized spacial score (nSPS) is 21.4. The molecule has 0 aromatic carbocycles. The second-order valence-corrected chi connectivity index (χ2v) is 5.35. The van der Waals surface area contributed by atoms with Crippen LogP contribution in [0, 0.1) is 0 Å². The van der Waals surface area contributed by atoms with Crippen molar-refractivity contribution in [3.05, 3.63) is 28.5 Å². The zero-order valence-corrected chi connectivity index (χ0v) is 11.7. The van der Waals surface area contributed by atoms with Gasteiger partial charge in [-0.3, -0.25) is 9.88 Å². The Kier molecular flexibility index (Phi) is 4.44. The van der Waals surface area contributed by atoms with Crippen molar-refractivity contribution in [2.45, 2.75) is 12.6 Å². The number of pyridine rings is 1. The van der Waals surface area contributed by atoms with Crippen molar-refractivity contribution >= 4 is 33.1 Å². The third-order valence-electron chi connectivity index (χ3n) is 2.64. The maximum atomic E-state index is 5.60. The molecule has 17 heavy (non-hydrogen) atoms. The van der Waals surface area contributed by atoms with Crippen LogP contribution in [-0.4, -0.2) is 40.7 Å². The molecule has 6 heteroatoms. The first-order valence-electron chi connectivity index (χ1n) is 5.39. The average molecular weight is 316 g/mol. The van der Waals surface area contributed by atoms with Crippen LogP contribution in [0.15, 0.2) is 22.8 Å². The van der Waals surface area contributed by atoms with Gasteiger partial charge in [-0.1, -0.05) is 12.2 Å². The van der Waals surface area contributed by atoms with Crippen molar-refractivity contribution in [3.8, 4) is 0 Å². The lowest BCUT2D eigenvalue weighted by atomic mass is 10.2. The van der Waals surface area contributed by atoms with E-state index in [2.05, 4.69) is 25.8 Å². The van der Waals surface area contributed by atoms with E-state index in [1.165, 1.54) is 0 Å². The quantitative estimate of drug-likeness (QED) is 0.853. The van der Waals surface area contributed by atoms with E-state index >= 15 is 0 Å². The molecule has 2 heterocycles. The van der Waals surface area contributed by atoms with E-state index in [0.29, 0.717) is 11.6 Å². The first kappa shape index (κ1) is 12.9. The Balaban J connectivity index is 1.94. The minimum absolute atomic E-state index is 0.130. The number of morpholine rings is 1. The van der Waals surface area contributed by atoms with Crippen LogP contribution in [0.1, 0.15) is 5.69 Å². The SMILES string of the molecule is NC(=S)C1CN(Cc2ccc(Br)cn2)CCO1. The molecule has 1 unspecified atom stereocenters. The zero-order chi connectivity index (χ0) is 12.3. The van der Waals surface area contributed by atoms with E-state index in [9.17, 15) is 0 Å². The third-order valence-corrected chi connectivity index (χ3v) is 3.37. The molecular weight excluding hydrogens is 302 g/mol. The number of hydrogen-bond acceptors (Lipinski definition) is 4. The van der Waals surface area contributed by atoms with Crippen molar-refractivity contribution < 1.29 is 4.74 Å². The molecule has 1 aromatic rings. The number of nitrogens with two attached hydrogens (primary N) is 1. The Labute approximate surface area is 114 Å². The summed E-state index contributed by atoms with van der Waals surface area (Å²) >= 11 is 8.32. The Morgan fingerprint density at radius 1 is 1.65 bits per heavy atom. The molecule has 1 aliphatic rings. The van der Waals surface area contributed by atoms with E-state index in [1.54, 1.807) is 6.20 Å². The maximum absolute atomic E-state index is 5.60. The summed E-state index contributed by atoms with van der Waals surface area (Å²) in [4.78, 5) is 7.03. The summed E-state index contributed by atoms with van der Waals surface area (Å²) in [5, 5.41) is 0. The largest absolute Gasteiger partial charge is 0.391 e. The van der Waals surface area contributed by atoms with Crippen LogP contribution in [-0.2, 0) is 11.3 Å². The fourth-order valence-corrected chi connectivity index (χ4v) is 2.12. The second kappa shape index (κ2) is 5.86. The zero-order valence-electron chi connectivity index (χ0n) is 9.30. The first-order chi connectivity index (χ1) is 8.15. The van der Waals surface area contributed by atoms with Gasteiger partial charge in [0.15, 0.2) is 0 Å². The van der Waals surface area contributed by atoms with Gasteiger partial charge in [-0.2, -0.15) is 0 Å². The number of thiocarbonyl (C=S) groups is 1. The molecule has 2 N–H and O–H groups in total. The Hall–Kier alpha value is -0.560. The van der Waals surface area contributed by atoms with Gasteiger partial charge in [0.1, 0.15) is 11.1 Å². The summed E-state index contributed by atoms with van der Waals surface area (Å²) in [6, 6.07) is 4.00. The number of rotatable bonds is 3. The lowest BCUT2D eigenvalue weighted by Crippen LogP contribution is -2.47. The highest BCUT2D eigenvalue weighted by Gasteiger charge is 2.22. The van der Waals surface area contributed by atoms with E-state index in [-0.39, 0.29) is 6.10 Å². The van der Waals surface area contributed by atoms with Crippen LogP contribution in [0.5, 0.6) is 0 Å². The molecule has 0 spiro atoms. The van der Waals surface area contributed by atoms with Gasteiger partial charge < -0.3 is 10.5 Å². The summed E-state index contributed by atoms with van der Waals surface area (Å²) in [7, 11) is 0. The molecule has 0 amide bonds.